The second-order valence-electron chi connectivity index (χ2n) is 4.70. The molecule has 0 amide bonds. The second-order valence-corrected chi connectivity index (χ2v) is 5.50. The van der Waals surface area contributed by atoms with Crippen molar-refractivity contribution in [2.24, 2.45) is 12.5 Å². The minimum Gasteiger partial charge on any atom is -0.465 e. The third kappa shape index (κ3) is 3.26. The lowest BCUT2D eigenvalue weighted by molar-refractivity contribution is -0.151. The van der Waals surface area contributed by atoms with E-state index >= 15 is 0 Å². The minimum absolute atomic E-state index is 0.254. The van der Waals surface area contributed by atoms with E-state index in [0.29, 0.717) is 13.0 Å². The molecule has 0 aromatic carbocycles. The van der Waals surface area contributed by atoms with Crippen molar-refractivity contribution in [3.8, 4) is 0 Å². The van der Waals surface area contributed by atoms with Crippen LogP contribution in [-0.4, -0.2) is 22.4 Å². The molecule has 0 fully saturated rings. The standard InChI is InChI=1S/C14H21BrN2O2/c1-6-10-12(15)11(17(5)16-10)9-14(4,7-2)13(18)19-8-3/h7H,2,6,8-9H2,1,3-5H3. The highest BCUT2D eigenvalue weighted by atomic mass is 79.9. The largest absolute Gasteiger partial charge is 0.465 e. The first-order chi connectivity index (χ1) is 8.89. The maximum atomic E-state index is 12.1. The number of ether oxygens (including phenoxy) is 1. The van der Waals surface area contributed by atoms with Crippen LogP contribution in [0.4, 0.5) is 0 Å². The third-order valence-electron chi connectivity index (χ3n) is 3.23. The Morgan fingerprint density at radius 3 is 2.63 bits per heavy atom. The molecule has 0 radical (unpaired) electrons. The topological polar surface area (TPSA) is 44.1 Å². The summed E-state index contributed by atoms with van der Waals surface area (Å²) >= 11 is 3.56. The fraction of sp³-hybridized carbons (Fsp3) is 0.571. The van der Waals surface area contributed by atoms with E-state index in [-0.39, 0.29) is 5.97 Å². The Hall–Kier alpha value is -1.10. The van der Waals surface area contributed by atoms with E-state index in [1.807, 2.05) is 18.7 Å². The van der Waals surface area contributed by atoms with Gasteiger partial charge in [-0.15, -0.1) is 6.58 Å². The van der Waals surface area contributed by atoms with E-state index in [9.17, 15) is 4.79 Å². The van der Waals surface area contributed by atoms with E-state index in [2.05, 4.69) is 34.5 Å². The number of carbonyl (C=O) groups excluding carboxylic acids is 1. The number of halogens is 1. The van der Waals surface area contributed by atoms with Crippen LogP contribution in [0.15, 0.2) is 17.1 Å². The van der Waals surface area contributed by atoms with Crippen LogP contribution in [0, 0.1) is 5.41 Å². The highest BCUT2D eigenvalue weighted by Gasteiger charge is 2.34. The molecule has 0 saturated carbocycles. The van der Waals surface area contributed by atoms with Crippen LogP contribution in [0.5, 0.6) is 0 Å². The number of aryl methyl sites for hydroxylation is 2. The summed E-state index contributed by atoms with van der Waals surface area (Å²) in [5, 5.41) is 4.44. The molecule has 1 rings (SSSR count). The van der Waals surface area contributed by atoms with Gasteiger partial charge < -0.3 is 4.74 Å². The van der Waals surface area contributed by atoms with Gasteiger partial charge in [0.15, 0.2) is 0 Å². The van der Waals surface area contributed by atoms with Crippen LogP contribution in [0.25, 0.3) is 0 Å². The molecule has 0 aliphatic carbocycles. The summed E-state index contributed by atoms with van der Waals surface area (Å²) in [6, 6.07) is 0. The predicted octanol–water partition coefficient (Wildman–Crippen LogP) is 3.04. The van der Waals surface area contributed by atoms with E-state index in [1.54, 1.807) is 13.0 Å². The Kier molecular flexibility index (Phi) is 5.35. The van der Waals surface area contributed by atoms with E-state index < -0.39 is 5.41 Å². The van der Waals surface area contributed by atoms with Gasteiger partial charge in [0.2, 0.25) is 0 Å². The smallest absolute Gasteiger partial charge is 0.316 e. The van der Waals surface area contributed by atoms with Crippen molar-refractivity contribution < 1.29 is 9.53 Å². The van der Waals surface area contributed by atoms with Gasteiger partial charge in [-0.1, -0.05) is 13.0 Å². The van der Waals surface area contributed by atoms with Crippen LogP contribution < -0.4 is 0 Å². The zero-order chi connectivity index (χ0) is 14.6. The van der Waals surface area contributed by atoms with Crippen LogP contribution >= 0.6 is 15.9 Å². The molecule has 1 unspecified atom stereocenters. The molecule has 0 N–H and O–H groups in total. The Morgan fingerprint density at radius 1 is 1.58 bits per heavy atom. The van der Waals surface area contributed by atoms with Gasteiger partial charge in [-0.3, -0.25) is 9.48 Å². The average molecular weight is 329 g/mol. The number of esters is 1. The molecule has 5 heteroatoms. The van der Waals surface area contributed by atoms with Crippen molar-refractivity contribution in [3.63, 3.8) is 0 Å². The van der Waals surface area contributed by atoms with Gasteiger partial charge in [-0.2, -0.15) is 5.10 Å². The van der Waals surface area contributed by atoms with Crippen LogP contribution in [0.3, 0.4) is 0 Å². The normalized spacial score (nSPS) is 13.9. The summed E-state index contributed by atoms with van der Waals surface area (Å²) < 4.78 is 7.90. The predicted molar refractivity (Wildman–Crippen MR) is 78.9 cm³/mol. The van der Waals surface area contributed by atoms with Gasteiger partial charge in [-0.25, -0.2) is 0 Å². The molecule has 106 valence electrons. The summed E-state index contributed by atoms with van der Waals surface area (Å²) in [4.78, 5) is 12.1. The first-order valence-electron chi connectivity index (χ1n) is 6.40. The molecule has 1 heterocycles. The quantitative estimate of drug-likeness (QED) is 0.595. The lowest BCUT2D eigenvalue weighted by atomic mass is 9.85. The van der Waals surface area contributed by atoms with E-state index in [4.69, 9.17) is 4.74 Å². The lowest BCUT2D eigenvalue weighted by Crippen LogP contribution is -2.31. The molecule has 1 atom stereocenters. The van der Waals surface area contributed by atoms with Crippen molar-refractivity contribution >= 4 is 21.9 Å². The molecule has 19 heavy (non-hydrogen) atoms. The van der Waals surface area contributed by atoms with E-state index in [1.165, 1.54) is 0 Å². The molecule has 4 nitrogen and oxygen atoms in total. The second kappa shape index (κ2) is 6.37. The van der Waals surface area contributed by atoms with E-state index in [0.717, 1.165) is 22.3 Å². The summed E-state index contributed by atoms with van der Waals surface area (Å²) in [6.45, 7) is 9.83. The van der Waals surface area contributed by atoms with Crippen molar-refractivity contribution in [2.75, 3.05) is 6.61 Å². The average Bonchev–Trinajstić information content (AvgIpc) is 2.66. The Morgan fingerprint density at radius 2 is 2.21 bits per heavy atom. The molecule has 0 aliphatic heterocycles. The van der Waals surface area contributed by atoms with Crippen LogP contribution in [0.2, 0.25) is 0 Å². The van der Waals surface area contributed by atoms with Gasteiger partial charge in [0.05, 0.1) is 27.9 Å². The molecule has 0 spiro atoms. The fourth-order valence-electron chi connectivity index (χ4n) is 1.88. The van der Waals surface area contributed by atoms with Gasteiger partial charge in [-0.05, 0) is 36.2 Å². The molecule has 0 bridgehead atoms. The molecule has 1 aromatic heterocycles. The maximum Gasteiger partial charge on any atom is 0.316 e. The third-order valence-corrected chi connectivity index (χ3v) is 4.15. The van der Waals surface area contributed by atoms with Gasteiger partial charge in [0, 0.05) is 13.5 Å². The van der Waals surface area contributed by atoms with Crippen molar-refractivity contribution in [2.45, 2.75) is 33.6 Å². The van der Waals surface area contributed by atoms with Crippen molar-refractivity contribution in [1.82, 2.24) is 9.78 Å². The van der Waals surface area contributed by atoms with Gasteiger partial charge in [0.25, 0.3) is 0 Å². The summed E-state index contributed by atoms with van der Waals surface area (Å²) in [7, 11) is 1.88. The van der Waals surface area contributed by atoms with Crippen molar-refractivity contribution in [1.29, 1.82) is 0 Å². The molecule has 1 aromatic rings. The Labute approximate surface area is 123 Å². The number of aromatic nitrogens is 2. The summed E-state index contributed by atoms with van der Waals surface area (Å²) in [5.41, 5.74) is 1.23. The van der Waals surface area contributed by atoms with Crippen LogP contribution in [0.1, 0.15) is 32.2 Å². The summed E-state index contributed by atoms with van der Waals surface area (Å²) in [6.07, 6.45) is 3.01. The number of nitrogens with zero attached hydrogens (tertiary/aromatic N) is 2. The fourth-order valence-corrected chi connectivity index (χ4v) is 2.64. The molecule has 0 aliphatic rings. The Balaban J connectivity index is 3.08. The molecular weight excluding hydrogens is 308 g/mol. The maximum absolute atomic E-state index is 12.1. The lowest BCUT2D eigenvalue weighted by Gasteiger charge is -2.23. The highest BCUT2D eigenvalue weighted by molar-refractivity contribution is 9.10. The number of hydrogen-bond acceptors (Lipinski definition) is 3. The SMILES string of the molecule is C=CC(C)(Cc1c(Br)c(CC)nn1C)C(=O)OCC. The Bertz CT molecular complexity index is 482. The zero-order valence-corrected chi connectivity index (χ0v) is 13.6. The summed E-state index contributed by atoms with van der Waals surface area (Å²) in [5.74, 6) is -0.254. The number of rotatable bonds is 6. The van der Waals surface area contributed by atoms with Gasteiger partial charge in [0.1, 0.15) is 0 Å². The zero-order valence-electron chi connectivity index (χ0n) is 12.0. The highest BCUT2D eigenvalue weighted by Crippen LogP contribution is 2.31. The number of carbonyl (C=O) groups is 1. The monoisotopic (exact) mass is 328 g/mol. The van der Waals surface area contributed by atoms with Gasteiger partial charge >= 0.3 is 5.97 Å². The molecule has 0 saturated heterocycles. The molecular formula is C14H21BrN2O2. The van der Waals surface area contributed by atoms with Crippen LogP contribution in [-0.2, 0) is 29.4 Å². The number of hydrogen-bond donors (Lipinski definition) is 0. The van der Waals surface area contributed by atoms with Crippen molar-refractivity contribution in [3.05, 3.63) is 28.5 Å². The first-order valence-corrected chi connectivity index (χ1v) is 7.20. The minimum atomic E-state index is -0.739. The first kappa shape index (κ1) is 16.0.